The minimum absolute atomic E-state index is 0.0227. The minimum atomic E-state index is -1.13. The number of ether oxygens (including phenoxy) is 1. The van der Waals surface area contributed by atoms with E-state index in [2.05, 4.69) is 26.1 Å². The van der Waals surface area contributed by atoms with Crippen LogP contribution in [0.4, 0.5) is 8.78 Å². The number of hydrogen-bond acceptors (Lipinski definition) is 4. The van der Waals surface area contributed by atoms with Crippen molar-refractivity contribution < 1.29 is 18.7 Å². The van der Waals surface area contributed by atoms with Gasteiger partial charge in [-0.1, -0.05) is 21.1 Å². The molecule has 0 saturated heterocycles. The van der Waals surface area contributed by atoms with E-state index in [0.717, 1.165) is 6.07 Å². The molecular formula is C12H8BrF2N3O2. The molecule has 0 spiro atoms. The van der Waals surface area contributed by atoms with Crippen LogP contribution in [-0.2, 0) is 0 Å². The van der Waals surface area contributed by atoms with E-state index in [0.29, 0.717) is 10.0 Å². The third-order valence-electron chi connectivity index (χ3n) is 2.31. The number of oxime groups is 1. The molecule has 2 aromatic rings. The summed E-state index contributed by atoms with van der Waals surface area (Å²) in [7, 11) is 0. The maximum Gasteiger partial charge on any atom is 0.220 e. The van der Waals surface area contributed by atoms with Crippen LogP contribution >= 0.6 is 15.9 Å². The molecule has 0 aliphatic heterocycles. The minimum Gasteiger partial charge on any atom is -0.436 e. The average molecular weight is 344 g/mol. The first kappa shape index (κ1) is 14.2. The van der Waals surface area contributed by atoms with Gasteiger partial charge >= 0.3 is 0 Å². The summed E-state index contributed by atoms with van der Waals surface area (Å²) in [6.07, 6.45) is 1.33. The van der Waals surface area contributed by atoms with Gasteiger partial charge in [-0.2, -0.15) is 4.39 Å². The molecule has 20 heavy (non-hydrogen) atoms. The highest BCUT2D eigenvalue weighted by molar-refractivity contribution is 9.10. The van der Waals surface area contributed by atoms with Gasteiger partial charge in [0.15, 0.2) is 17.4 Å². The Balaban J connectivity index is 2.36. The zero-order valence-corrected chi connectivity index (χ0v) is 11.4. The van der Waals surface area contributed by atoms with E-state index in [-0.39, 0.29) is 17.5 Å². The molecular weight excluding hydrogens is 336 g/mol. The first-order valence-electron chi connectivity index (χ1n) is 5.27. The Hall–Kier alpha value is -2.22. The molecule has 5 nitrogen and oxygen atoms in total. The molecule has 0 unspecified atom stereocenters. The van der Waals surface area contributed by atoms with Crippen molar-refractivity contribution in [1.29, 1.82) is 0 Å². The Bertz CT molecular complexity index is 680. The summed E-state index contributed by atoms with van der Waals surface area (Å²) in [5.74, 6) is -2.70. The molecule has 1 aromatic heterocycles. The van der Waals surface area contributed by atoms with Crippen LogP contribution in [0.2, 0.25) is 0 Å². The van der Waals surface area contributed by atoms with Crippen LogP contribution in [0.15, 0.2) is 40.1 Å². The maximum atomic E-state index is 13.6. The summed E-state index contributed by atoms with van der Waals surface area (Å²) in [6, 6.07) is 5.03. The van der Waals surface area contributed by atoms with Crippen LogP contribution in [0, 0.1) is 11.6 Å². The topological polar surface area (TPSA) is 80.7 Å². The number of halogens is 3. The number of hydrogen-bond donors (Lipinski definition) is 2. The summed E-state index contributed by atoms with van der Waals surface area (Å²) >= 11 is 3.03. The van der Waals surface area contributed by atoms with Gasteiger partial charge in [-0.3, -0.25) is 0 Å². The predicted molar refractivity (Wildman–Crippen MR) is 70.9 cm³/mol. The third-order valence-corrected chi connectivity index (χ3v) is 2.77. The standard InChI is InChI=1S/C12H8BrF2N3O2/c13-7-4-8(14)11(15)9(5-7)20-10-3-6(1-2-17-10)12(16)18-19/h1-5,19H,(H2,16,18). The molecule has 1 aromatic carbocycles. The van der Waals surface area contributed by atoms with Gasteiger partial charge in [0.05, 0.1) is 0 Å². The number of nitrogens with zero attached hydrogens (tertiary/aromatic N) is 2. The molecule has 0 saturated carbocycles. The van der Waals surface area contributed by atoms with E-state index in [4.69, 9.17) is 15.7 Å². The lowest BCUT2D eigenvalue weighted by Gasteiger charge is -2.08. The lowest BCUT2D eigenvalue weighted by molar-refractivity contribution is 0.318. The highest BCUT2D eigenvalue weighted by Gasteiger charge is 2.13. The number of benzene rings is 1. The molecule has 0 aliphatic carbocycles. The molecule has 0 radical (unpaired) electrons. The maximum absolute atomic E-state index is 13.6. The quantitative estimate of drug-likeness (QED) is 0.295. The van der Waals surface area contributed by atoms with Crippen LogP contribution in [-0.4, -0.2) is 16.0 Å². The van der Waals surface area contributed by atoms with Crippen molar-refractivity contribution in [2.75, 3.05) is 0 Å². The Morgan fingerprint density at radius 2 is 2.10 bits per heavy atom. The number of rotatable bonds is 3. The lowest BCUT2D eigenvalue weighted by atomic mass is 10.2. The van der Waals surface area contributed by atoms with Gasteiger partial charge < -0.3 is 15.7 Å². The van der Waals surface area contributed by atoms with Crippen molar-refractivity contribution in [3.8, 4) is 11.6 Å². The molecule has 2 rings (SSSR count). The first-order chi connectivity index (χ1) is 9.51. The zero-order chi connectivity index (χ0) is 14.7. The molecule has 8 heteroatoms. The van der Waals surface area contributed by atoms with E-state index in [9.17, 15) is 8.78 Å². The van der Waals surface area contributed by atoms with Crippen LogP contribution in [0.1, 0.15) is 5.56 Å². The van der Waals surface area contributed by atoms with Crippen molar-refractivity contribution in [2.45, 2.75) is 0 Å². The fourth-order valence-corrected chi connectivity index (χ4v) is 1.81. The summed E-state index contributed by atoms with van der Waals surface area (Å²) < 4.78 is 32.3. The second-order valence-corrected chi connectivity index (χ2v) is 4.59. The number of nitrogens with two attached hydrogens (primary N) is 1. The van der Waals surface area contributed by atoms with Crippen LogP contribution < -0.4 is 10.5 Å². The van der Waals surface area contributed by atoms with E-state index in [1.54, 1.807) is 0 Å². The molecule has 0 bridgehead atoms. The van der Waals surface area contributed by atoms with E-state index < -0.39 is 11.6 Å². The van der Waals surface area contributed by atoms with Gasteiger partial charge in [0.1, 0.15) is 0 Å². The highest BCUT2D eigenvalue weighted by Crippen LogP contribution is 2.28. The summed E-state index contributed by atoms with van der Waals surface area (Å²) in [4.78, 5) is 3.83. The lowest BCUT2D eigenvalue weighted by Crippen LogP contribution is -2.13. The molecule has 104 valence electrons. The zero-order valence-electron chi connectivity index (χ0n) is 9.85. The fourth-order valence-electron chi connectivity index (χ4n) is 1.40. The number of pyridine rings is 1. The van der Waals surface area contributed by atoms with Crippen LogP contribution in [0.25, 0.3) is 0 Å². The molecule has 0 atom stereocenters. The van der Waals surface area contributed by atoms with Gasteiger partial charge in [0.2, 0.25) is 11.7 Å². The van der Waals surface area contributed by atoms with Gasteiger partial charge in [-0.05, 0) is 18.2 Å². The molecule has 1 heterocycles. The molecule has 0 aliphatic rings. The number of aromatic nitrogens is 1. The molecule has 3 N–H and O–H groups in total. The van der Waals surface area contributed by atoms with E-state index >= 15 is 0 Å². The second-order valence-electron chi connectivity index (χ2n) is 3.67. The van der Waals surface area contributed by atoms with Crippen molar-refractivity contribution in [3.05, 3.63) is 52.1 Å². The van der Waals surface area contributed by atoms with Gasteiger partial charge in [0.25, 0.3) is 0 Å². The summed E-state index contributed by atoms with van der Waals surface area (Å²) in [6.45, 7) is 0. The van der Waals surface area contributed by atoms with Gasteiger partial charge in [-0.25, -0.2) is 9.37 Å². The van der Waals surface area contributed by atoms with Gasteiger partial charge in [0, 0.05) is 22.3 Å². The van der Waals surface area contributed by atoms with Crippen molar-refractivity contribution in [2.24, 2.45) is 10.9 Å². The number of amidine groups is 1. The van der Waals surface area contributed by atoms with Crippen molar-refractivity contribution >= 4 is 21.8 Å². The van der Waals surface area contributed by atoms with Gasteiger partial charge in [-0.15, -0.1) is 0 Å². The first-order valence-corrected chi connectivity index (χ1v) is 6.07. The van der Waals surface area contributed by atoms with Crippen LogP contribution in [0.3, 0.4) is 0 Å². The predicted octanol–water partition coefficient (Wildman–Crippen LogP) is 3.01. The normalized spacial score (nSPS) is 11.4. The average Bonchev–Trinajstić information content (AvgIpc) is 2.43. The fraction of sp³-hybridized carbons (Fsp3) is 0. The second kappa shape index (κ2) is 5.83. The van der Waals surface area contributed by atoms with Crippen molar-refractivity contribution in [1.82, 2.24) is 4.98 Å². The largest absolute Gasteiger partial charge is 0.436 e. The highest BCUT2D eigenvalue weighted by atomic mass is 79.9. The Labute approximate surface area is 120 Å². The smallest absolute Gasteiger partial charge is 0.220 e. The molecule has 0 amide bonds. The summed E-state index contributed by atoms with van der Waals surface area (Å²) in [5, 5.41) is 11.4. The third kappa shape index (κ3) is 3.02. The Morgan fingerprint density at radius 3 is 2.80 bits per heavy atom. The Kier molecular flexibility index (Phi) is 4.14. The molecule has 0 fully saturated rings. The van der Waals surface area contributed by atoms with Crippen LogP contribution in [0.5, 0.6) is 11.6 Å². The summed E-state index contributed by atoms with van der Waals surface area (Å²) in [5.41, 5.74) is 5.74. The van der Waals surface area contributed by atoms with Crippen molar-refractivity contribution in [3.63, 3.8) is 0 Å². The van der Waals surface area contributed by atoms with E-state index in [1.165, 1.54) is 24.4 Å². The monoisotopic (exact) mass is 343 g/mol. The SMILES string of the molecule is N/C(=N/O)c1ccnc(Oc2cc(Br)cc(F)c2F)c1. The van der Waals surface area contributed by atoms with E-state index in [1.807, 2.05) is 0 Å². The Morgan fingerprint density at radius 1 is 1.35 bits per heavy atom.